The number of nitrogens with zero attached hydrogens (tertiary/aromatic N) is 1. The van der Waals surface area contributed by atoms with Crippen molar-refractivity contribution in [1.82, 2.24) is 0 Å². The molecule has 0 spiro atoms. The van der Waals surface area contributed by atoms with E-state index in [9.17, 15) is 9.59 Å². The van der Waals surface area contributed by atoms with Gasteiger partial charge >= 0.3 is 7.12 Å². The minimum Gasteiger partial charge on any atom is -0.399 e. The Bertz CT molecular complexity index is 813. The van der Waals surface area contributed by atoms with Gasteiger partial charge in [-0.1, -0.05) is 24.3 Å². The van der Waals surface area contributed by atoms with E-state index >= 15 is 0 Å². The zero-order chi connectivity index (χ0) is 19.1. The molecule has 0 unspecified atom stereocenters. The van der Waals surface area contributed by atoms with Crippen molar-refractivity contribution >= 4 is 30.1 Å². The maximum absolute atomic E-state index is 12.9. The second-order valence-electron chi connectivity index (χ2n) is 9.19. The third-order valence-electron chi connectivity index (χ3n) is 7.15. The zero-order valence-corrected chi connectivity index (χ0v) is 16.1. The first-order valence-electron chi connectivity index (χ1n) is 9.71. The van der Waals surface area contributed by atoms with Crippen molar-refractivity contribution < 1.29 is 18.9 Å². The molecule has 4 aliphatic rings. The maximum Gasteiger partial charge on any atom is 0.494 e. The van der Waals surface area contributed by atoms with Gasteiger partial charge < -0.3 is 9.31 Å². The van der Waals surface area contributed by atoms with E-state index in [4.69, 9.17) is 9.31 Å². The van der Waals surface area contributed by atoms with Gasteiger partial charge in [-0.25, -0.2) is 0 Å². The molecule has 140 valence electrons. The van der Waals surface area contributed by atoms with Crippen LogP contribution in [0.15, 0.2) is 36.4 Å². The van der Waals surface area contributed by atoms with Gasteiger partial charge in [0.25, 0.3) is 0 Å². The summed E-state index contributed by atoms with van der Waals surface area (Å²) in [7, 11) is -0.451. The van der Waals surface area contributed by atoms with Crippen LogP contribution in [0.5, 0.6) is 0 Å². The van der Waals surface area contributed by atoms with Crippen LogP contribution in [0, 0.1) is 23.7 Å². The van der Waals surface area contributed by atoms with Gasteiger partial charge in [0, 0.05) is 0 Å². The topological polar surface area (TPSA) is 55.8 Å². The number of carbonyl (C=O) groups is 2. The lowest BCUT2D eigenvalue weighted by Crippen LogP contribution is -2.41. The summed E-state index contributed by atoms with van der Waals surface area (Å²) in [5.41, 5.74) is 0.722. The number of anilines is 1. The molecule has 5 rings (SSSR count). The van der Waals surface area contributed by atoms with Crippen LogP contribution >= 0.6 is 0 Å². The number of rotatable bonds is 2. The second kappa shape index (κ2) is 5.33. The Morgan fingerprint density at radius 2 is 1.37 bits per heavy atom. The molecule has 1 aromatic carbocycles. The van der Waals surface area contributed by atoms with Crippen molar-refractivity contribution in [1.29, 1.82) is 0 Å². The molecule has 6 heteroatoms. The Kier molecular flexibility index (Phi) is 3.39. The fraction of sp³-hybridized carbons (Fsp3) is 0.524. The number of imide groups is 1. The average Bonchev–Trinajstić information content (AvgIpc) is 3.32. The van der Waals surface area contributed by atoms with Crippen molar-refractivity contribution in [2.45, 2.75) is 45.3 Å². The Labute approximate surface area is 159 Å². The summed E-state index contributed by atoms with van der Waals surface area (Å²) in [5, 5.41) is 0. The van der Waals surface area contributed by atoms with E-state index in [-0.39, 0.29) is 35.5 Å². The number of hydrogen-bond acceptors (Lipinski definition) is 4. The van der Waals surface area contributed by atoms with Crippen LogP contribution in [0.4, 0.5) is 5.69 Å². The summed E-state index contributed by atoms with van der Waals surface area (Å²) in [4.78, 5) is 27.2. The lowest BCUT2D eigenvalue weighted by Gasteiger charge is -2.32. The van der Waals surface area contributed by atoms with Gasteiger partial charge in [-0.3, -0.25) is 14.5 Å². The fourth-order valence-corrected chi connectivity index (χ4v) is 4.92. The summed E-state index contributed by atoms with van der Waals surface area (Å²) in [6.45, 7) is 8.07. The lowest BCUT2D eigenvalue weighted by atomic mass is 9.79. The third-order valence-corrected chi connectivity index (χ3v) is 7.15. The van der Waals surface area contributed by atoms with E-state index in [0.29, 0.717) is 5.69 Å². The number of fused-ring (bicyclic) bond motifs is 5. The SMILES string of the molecule is CC1(C)OB(c2ccc(N3C(=O)[C@@H]4[C@H](C3=O)[C@H]3C=C[C@H]4C3)cc2)OC1(C)C. The van der Waals surface area contributed by atoms with Gasteiger partial charge in [0.1, 0.15) is 0 Å². The molecule has 27 heavy (non-hydrogen) atoms. The van der Waals surface area contributed by atoms with E-state index < -0.39 is 18.3 Å². The van der Waals surface area contributed by atoms with Crippen molar-refractivity contribution in [2.24, 2.45) is 23.7 Å². The average molecular weight is 365 g/mol. The molecule has 2 aliphatic carbocycles. The molecule has 3 fully saturated rings. The number of allylic oxidation sites excluding steroid dienone is 2. The molecule has 4 atom stereocenters. The van der Waals surface area contributed by atoms with Gasteiger partial charge in [0.2, 0.25) is 11.8 Å². The van der Waals surface area contributed by atoms with Crippen LogP contribution in [0.3, 0.4) is 0 Å². The summed E-state index contributed by atoms with van der Waals surface area (Å²) >= 11 is 0. The molecule has 1 aromatic rings. The number of benzene rings is 1. The van der Waals surface area contributed by atoms with Crippen molar-refractivity contribution in [2.75, 3.05) is 4.90 Å². The molecule has 0 aromatic heterocycles. The zero-order valence-electron chi connectivity index (χ0n) is 16.1. The van der Waals surface area contributed by atoms with E-state index in [1.807, 2.05) is 52.0 Å². The first kappa shape index (κ1) is 17.2. The molecule has 2 amide bonds. The van der Waals surface area contributed by atoms with Gasteiger partial charge in [-0.2, -0.15) is 0 Å². The first-order chi connectivity index (χ1) is 12.7. The van der Waals surface area contributed by atoms with Crippen molar-refractivity contribution in [3.63, 3.8) is 0 Å². The van der Waals surface area contributed by atoms with Gasteiger partial charge in [-0.15, -0.1) is 0 Å². The molecule has 0 radical (unpaired) electrons. The van der Waals surface area contributed by atoms with Crippen LogP contribution in [0.1, 0.15) is 34.1 Å². The van der Waals surface area contributed by atoms with Gasteiger partial charge in [0.05, 0.1) is 28.7 Å². The Balaban J connectivity index is 1.39. The van der Waals surface area contributed by atoms with Crippen molar-refractivity contribution in [3.8, 4) is 0 Å². The van der Waals surface area contributed by atoms with Crippen LogP contribution < -0.4 is 10.4 Å². The number of amides is 2. The maximum atomic E-state index is 12.9. The molecule has 2 saturated heterocycles. The highest BCUT2D eigenvalue weighted by molar-refractivity contribution is 6.62. The van der Waals surface area contributed by atoms with E-state index in [1.54, 1.807) is 0 Å². The Morgan fingerprint density at radius 1 is 0.889 bits per heavy atom. The fourth-order valence-electron chi connectivity index (χ4n) is 4.92. The minimum absolute atomic E-state index is 0.0507. The second-order valence-corrected chi connectivity index (χ2v) is 9.19. The summed E-state index contributed by atoms with van der Waals surface area (Å²) < 4.78 is 12.2. The quantitative estimate of drug-likeness (QED) is 0.459. The van der Waals surface area contributed by atoms with Gasteiger partial charge in [-0.05, 0) is 63.5 Å². The highest BCUT2D eigenvalue weighted by Crippen LogP contribution is 2.53. The summed E-state index contributed by atoms with van der Waals surface area (Å²) in [5.74, 6) is 0.0111. The normalized spacial score (nSPS) is 35.4. The summed E-state index contributed by atoms with van der Waals surface area (Å²) in [6.07, 6.45) is 5.17. The summed E-state index contributed by atoms with van der Waals surface area (Å²) in [6, 6.07) is 7.43. The van der Waals surface area contributed by atoms with E-state index in [2.05, 4.69) is 12.2 Å². The molecular weight excluding hydrogens is 341 g/mol. The molecule has 1 saturated carbocycles. The van der Waals surface area contributed by atoms with Crippen LogP contribution in [0.2, 0.25) is 0 Å². The van der Waals surface area contributed by atoms with Crippen LogP contribution in [0.25, 0.3) is 0 Å². The Morgan fingerprint density at radius 3 is 1.85 bits per heavy atom. The molecule has 2 aliphatic heterocycles. The molecule has 2 heterocycles. The predicted molar refractivity (Wildman–Crippen MR) is 102 cm³/mol. The van der Waals surface area contributed by atoms with E-state index in [0.717, 1.165) is 11.9 Å². The highest BCUT2D eigenvalue weighted by atomic mass is 16.7. The monoisotopic (exact) mass is 365 g/mol. The standard InChI is InChI=1S/C21H24BNO4/c1-20(2)21(3,4)27-22(26-20)14-7-9-15(10-8-14)23-18(24)16-12-5-6-13(11-12)17(16)19(23)25/h5-10,12-13,16-17H,11H2,1-4H3/t12-,13-,16-,17+/m0/s1. The Hall–Kier alpha value is -1.92. The van der Waals surface area contributed by atoms with Crippen LogP contribution in [-0.4, -0.2) is 30.1 Å². The first-order valence-corrected chi connectivity index (χ1v) is 9.71. The largest absolute Gasteiger partial charge is 0.494 e. The van der Waals surface area contributed by atoms with E-state index in [1.165, 1.54) is 4.90 Å². The molecule has 0 N–H and O–H groups in total. The smallest absolute Gasteiger partial charge is 0.399 e. The molecule has 5 nitrogen and oxygen atoms in total. The highest BCUT2D eigenvalue weighted by Gasteiger charge is 2.59. The van der Waals surface area contributed by atoms with Crippen molar-refractivity contribution in [3.05, 3.63) is 36.4 Å². The predicted octanol–water partition coefficient (Wildman–Crippen LogP) is 2.30. The third kappa shape index (κ3) is 2.26. The lowest BCUT2D eigenvalue weighted by molar-refractivity contribution is -0.123. The van der Waals surface area contributed by atoms with Gasteiger partial charge in [0.15, 0.2) is 0 Å². The molecular formula is C21H24BNO4. The molecule has 2 bridgehead atoms. The minimum atomic E-state index is -0.451. The van der Waals surface area contributed by atoms with Crippen LogP contribution in [-0.2, 0) is 18.9 Å². The number of carbonyl (C=O) groups excluding carboxylic acids is 2. The number of hydrogen-bond donors (Lipinski definition) is 0.